The van der Waals surface area contributed by atoms with Gasteiger partial charge in [-0.25, -0.2) is 12.8 Å². The van der Waals surface area contributed by atoms with Gasteiger partial charge in [-0.3, -0.25) is 9.59 Å². The number of carbonyl (C=O) groups excluding carboxylic acids is 2. The summed E-state index contributed by atoms with van der Waals surface area (Å²) in [5.74, 6) is -2.72. The van der Waals surface area contributed by atoms with Crippen LogP contribution in [0.15, 0.2) is 47.4 Å². The smallest absolute Gasteiger partial charge is 0.314 e. The van der Waals surface area contributed by atoms with Gasteiger partial charge in [0, 0.05) is 18.8 Å². The highest BCUT2D eigenvalue weighted by Crippen LogP contribution is 2.27. The number of nitrogens with one attached hydrogen (secondary N) is 2. The van der Waals surface area contributed by atoms with Crippen molar-refractivity contribution in [2.75, 3.05) is 36.9 Å². The molecule has 1 aliphatic rings. The molecule has 0 saturated carbocycles. The fourth-order valence-electron chi connectivity index (χ4n) is 2.63. The molecule has 1 heterocycles. The van der Waals surface area contributed by atoms with Gasteiger partial charge in [0.1, 0.15) is 5.82 Å². The molecular weight excluding hydrogens is 425 g/mol. The predicted octanol–water partition coefficient (Wildman–Crippen LogP) is 2.08. The Labute approximate surface area is 171 Å². The first-order valence-corrected chi connectivity index (χ1v) is 10.3. The minimum Gasteiger partial charge on any atom is -0.379 e. The molecule has 8 nitrogen and oxygen atoms in total. The fraction of sp³-hybridized carbons (Fsp3) is 0.222. The van der Waals surface area contributed by atoms with Crippen LogP contribution in [0.3, 0.4) is 0 Å². The number of rotatable bonds is 4. The number of benzene rings is 2. The second kappa shape index (κ2) is 8.87. The number of ether oxygens (including phenoxy) is 1. The Kier molecular flexibility index (Phi) is 6.48. The average molecular weight is 442 g/mol. The van der Waals surface area contributed by atoms with Crippen molar-refractivity contribution in [2.45, 2.75) is 4.90 Å². The molecule has 2 aromatic rings. The van der Waals surface area contributed by atoms with Crippen molar-refractivity contribution >= 4 is 44.8 Å². The molecule has 1 saturated heterocycles. The number of amides is 2. The molecule has 11 heteroatoms. The summed E-state index contributed by atoms with van der Waals surface area (Å²) >= 11 is 6.04. The molecule has 2 N–H and O–H groups in total. The molecule has 0 aromatic heterocycles. The van der Waals surface area contributed by atoms with Crippen LogP contribution in [0.1, 0.15) is 0 Å². The summed E-state index contributed by atoms with van der Waals surface area (Å²) in [5, 5.41) is 4.57. The normalized spacial score (nSPS) is 15.0. The zero-order chi connectivity index (χ0) is 21.0. The fourth-order valence-corrected chi connectivity index (χ4v) is 4.23. The molecular formula is C18H17ClFN3O5S. The topological polar surface area (TPSA) is 105 Å². The predicted molar refractivity (Wildman–Crippen MR) is 105 cm³/mol. The SMILES string of the molecule is O=C(Nc1cccc(F)c1)C(=O)Nc1cc(S(=O)(=O)N2CCOCC2)ccc1Cl. The first-order valence-electron chi connectivity index (χ1n) is 8.53. The molecule has 1 fully saturated rings. The summed E-state index contributed by atoms with van der Waals surface area (Å²) in [5.41, 5.74) is 0.0558. The van der Waals surface area contributed by atoms with E-state index < -0.39 is 27.7 Å². The monoisotopic (exact) mass is 441 g/mol. The van der Waals surface area contributed by atoms with Gasteiger partial charge in [0.15, 0.2) is 0 Å². The van der Waals surface area contributed by atoms with Gasteiger partial charge in [0.25, 0.3) is 0 Å². The van der Waals surface area contributed by atoms with Gasteiger partial charge >= 0.3 is 11.8 Å². The third-order valence-corrected chi connectivity index (χ3v) is 6.31. The van der Waals surface area contributed by atoms with Crippen molar-refractivity contribution in [3.05, 3.63) is 53.3 Å². The third kappa shape index (κ3) is 5.10. The first kappa shape index (κ1) is 21.2. The summed E-state index contributed by atoms with van der Waals surface area (Å²) in [6.07, 6.45) is 0. The van der Waals surface area contributed by atoms with Gasteiger partial charge in [0.2, 0.25) is 10.0 Å². The summed E-state index contributed by atoms with van der Waals surface area (Å²) < 4.78 is 45.1. The maximum absolute atomic E-state index is 13.2. The van der Waals surface area contributed by atoms with Crippen molar-refractivity contribution in [3.63, 3.8) is 0 Å². The van der Waals surface area contributed by atoms with Gasteiger partial charge in [-0.05, 0) is 36.4 Å². The van der Waals surface area contributed by atoms with Crippen LogP contribution >= 0.6 is 11.6 Å². The number of hydrogen-bond acceptors (Lipinski definition) is 5. The second-order valence-electron chi connectivity index (χ2n) is 6.08. The minimum atomic E-state index is -3.81. The Morgan fingerprint density at radius 3 is 2.41 bits per heavy atom. The Hall–Kier alpha value is -2.53. The van der Waals surface area contributed by atoms with E-state index in [4.69, 9.17) is 16.3 Å². The van der Waals surface area contributed by atoms with Crippen molar-refractivity contribution in [2.24, 2.45) is 0 Å². The summed E-state index contributed by atoms with van der Waals surface area (Å²) in [4.78, 5) is 24.1. The average Bonchev–Trinajstić information content (AvgIpc) is 2.70. The van der Waals surface area contributed by atoms with Crippen LogP contribution in [-0.2, 0) is 24.3 Å². The van der Waals surface area contributed by atoms with Crippen LogP contribution in [0, 0.1) is 5.82 Å². The summed E-state index contributed by atoms with van der Waals surface area (Å²) in [6.45, 7) is 0.999. The molecule has 0 spiro atoms. The van der Waals surface area contributed by atoms with Crippen LogP contribution in [-0.4, -0.2) is 50.8 Å². The molecule has 0 radical (unpaired) electrons. The van der Waals surface area contributed by atoms with E-state index in [9.17, 15) is 22.4 Å². The van der Waals surface area contributed by atoms with Gasteiger partial charge in [-0.2, -0.15) is 4.31 Å². The lowest BCUT2D eigenvalue weighted by molar-refractivity contribution is -0.133. The third-order valence-electron chi connectivity index (χ3n) is 4.08. The van der Waals surface area contributed by atoms with E-state index in [0.717, 1.165) is 6.07 Å². The van der Waals surface area contributed by atoms with E-state index >= 15 is 0 Å². The molecule has 2 amide bonds. The van der Waals surface area contributed by atoms with Crippen LogP contribution in [0.2, 0.25) is 5.02 Å². The number of morpholine rings is 1. The first-order chi connectivity index (χ1) is 13.8. The zero-order valence-corrected chi connectivity index (χ0v) is 16.6. The van der Waals surface area contributed by atoms with Gasteiger partial charge in [0.05, 0.1) is 28.8 Å². The minimum absolute atomic E-state index is 0.0413. The van der Waals surface area contributed by atoms with Crippen molar-refractivity contribution in [1.82, 2.24) is 4.31 Å². The Morgan fingerprint density at radius 1 is 1.03 bits per heavy atom. The second-order valence-corrected chi connectivity index (χ2v) is 8.42. The van der Waals surface area contributed by atoms with Crippen molar-refractivity contribution in [3.8, 4) is 0 Å². The van der Waals surface area contributed by atoms with Crippen LogP contribution in [0.5, 0.6) is 0 Å². The summed E-state index contributed by atoms with van der Waals surface area (Å²) in [7, 11) is -3.81. The number of nitrogens with zero attached hydrogens (tertiary/aromatic N) is 1. The lowest BCUT2D eigenvalue weighted by Gasteiger charge is -2.26. The highest BCUT2D eigenvalue weighted by atomic mass is 35.5. The molecule has 2 aromatic carbocycles. The molecule has 29 heavy (non-hydrogen) atoms. The molecule has 1 aliphatic heterocycles. The van der Waals surface area contributed by atoms with E-state index in [-0.39, 0.29) is 47.6 Å². The molecule has 0 atom stereocenters. The number of halogens is 2. The Bertz CT molecular complexity index is 1040. The van der Waals surface area contributed by atoms with E-state index in [0.29, 0.717) is 0 Å². The van der Waals surface area contributed by atoms with Gasteiger partial charge < -0.3 is 15.4 Å². The highest BCUT2D eigenvalue weighted by molar-refractivity contribution is 7.89. The molecule has 0 unspecified atom stereocenters. The number of anilines is 2. The summed E-state index contributed by atoms with van der Waals surface area (Å²) in [6, 6.07) is 8.84. The van der Waals surface area contributed by atoms with E-state index in [2.05, 4.69) is 10.6 Å². The lowest BCUT2D eigenvalue weighted by atomic mass is 10.3. The zero-order valence-electron chi connectivity index (χ0n) is 15.0. The molecule has 3 rings (SSSR count). The highest BCUT2D eigenvalue weighted by Gasteiger charge is 2.27. The van der Waals surface area contributed by atoms with Crippen molar-refractivity contribution in [1.29, 1.82) is 0 Å². The number of hydrogen-bond donors (Lipinski definition) is 2. The maximum Gasteiger partial charge on any atom is 0.314 e. The van der Waals surface area contributed by atoms with Crippen molar-refractivity contribution < 1.29 is 27.1 Å². The van der Waals surface area contributed by atoms with E-state index in [1.807, 2.05) is 0 Å². The Morgan fingerprint density at radius 2 is 1.72 bits per heavy atom. The van der Waals surface area contributed by atoms with Crippen LogP contribution < -0.4 is 10.6 Å². The van der Waals surface area contributed by atoms with Crippen LogP contribution in [0.4, 0.5) is 15.8 Å². The van der Waals surface area contributed by atoms with Gasteiger partial charge in [-0.1, -0.05) is 17.7 Å². The number of carbonyl (C=O) groups is 2. The van der Waals surface area contributed by atoms with Gasteiger partial charge in [-0.15, -0.1) is 0 Å². The quantitative estimate of drug-likeness (QED) is 0.707. The standard InChI is InChI=1S/C18H17ClFN3O5S/c19-15-5-4-14(29(26,27)23-6-8-28-9-7-23)11-16(15)22-18(25)17(24)21-13-3-1-2-12(20)10-13/h1-5,10-11H,6-9H2,(H,21,24)(H,22,25). The Balaban J connectivity index is 1.75. The van der Waals surface area contributed by atoms with E-state index in [1.54, 1.807) is 0 Å². The number of sulfonamides is 1. The lowest BCUT2D eigenvalue weighted by Crippen LogP contribution is -2.40. The maximum atomic E-state index is 13.2. The molecule has 0 aliphatic carbocycles. The largest absolute Gasteiger partial charge is 0.379 e. The van der Waals surface area contributed by atoms with E-state index in [1.165, 1.54) is 40.7 Å². The molecule has 154 valence electrons. The molecule has 0 bridgehead atoms. The van der Waals surface area contributed by atoms with Crippen LogP contribution in [0.25, 0.3) is 0 Å².